The van der Waals surface area contributed by atoms with Gasteiger partial charge in [0.25, 0.3) is 0 Å². The Hall–Kier alpha value is -1.16. The third-order valence-electron chi connectivity index (χ3n) is 2.96. The molecule has 0 heterocycles. The first kappa shape index (κ1) is 16.9. The fourth-order valence-corrected chi connectivity index (χ4v) is 1.95. The molecule has 3 heteroatoms. The molecule has 0 aliphatic carbocycles. The smallest absolute Gasteiger partial charge is 0.176 e. The molecule has 0 fully saturated rings. The Morgan fingerprint density at radius 2 is 1.70 bits per heavy atom. The van der Waals surface area contributed by atoms with Crippen LogP contribution in [0.15, 0.2) is 36.4 Å². The van der Waals surface area contributed by atoms with Gasteiger partial charge in [0.1, 0.15) is 0 Å². The number of hydrogen-bond acceptors (Lipinski definition) is 3. The van der Waals surface area contributed by atoms with Crippen LogP contribution in [0.2, 0.25) is 0 Å². The average molecular weight is 278 g/mol. The predicted molar refractivity (Wildman–Crippen MR) is 81.7 cm³/mol. The lowest BCUT2D eigenvalue weighted by molar-refractivity contribution is -0.104. The van der Waals surface area contributed by atoms with Crippen molar-refractivity contribution in [2.75, 3.05) is 13.2 Å². The van der Waals surface area contributed by atoms with Crippen molar-refractivity contribution >= 4 is 0 Å². The van der Waals surface area contributed by atoms with Crippen molar-refractivity contribution in [2.24, 2.45) is 0 Å². The highest BCUT2D eigenvalue weighted by Gasteiger charge is 2.18. The zero-order valence-electron chi connectivity index (χ0n) is 12.9. The van der Waals surface area contributed by atoms with Crippen LogP contribution in [0.25, 0.3) is 0 Å². The number of aryl methyl sites for hydroxylation is 1. The lowest BCUT2D eigenvalue weighted by Gasteiger charge is -2.21. The van der Waals surface area contributed by atoms with Crippen molar-refractivity contribution in [3.8, 4) is 0 Å². The van der Waals surface area contributed by atoms with Gasteiger partial charge in [-0.25, -0.2) is 0 Å². The van der Waals surface area contributed by atoms with E-state index in [-0.39, 0.29) is 0 Å². The third kappa shape index (κ3) is 6.33. The Labute approximate surface area is 122 Å². The monoisotopic (exact) mass is 278 g/mol. The molecule has 1 N–H and O–H groups in total. The number of rotatable bonds is 8. The molecule has 1 aromatic carbocycles. The van der Waals surface area contributed by atoms with Crippen LogP contribution < -0.4 is 0 Å². The van der Waals surface area contributed by atoms with Gasteiger partial charge >= 0.3 is 0 Å². The van der Waals surface area contributed by atoms with Crippen LogP contribution in [0.3, 0.4) is 0 Å². The molecule has 20 heavy (non-hydrogen) atoms. The fourth-order valence-electron chi connectivity index (χ4n) is 1.95. The van der Waals surface area contributed by atoms with E-state index in [4.69, 9.17) is 9.47 Å². The van der Waals surface area contributed by atoms with E-state index in [1.807, 2.05) is 26.0 Å². The fraction of sp³-hybridized carbons (Fsp3) is 0.529. The van der Waals surface area contributed by atoms with Gasteiger partial charge in [-0.15, -0.1) is 0 Å². The zero-order chi connectivity index (χ0) is 15.0. The van der Waals surface area contributed by atoms with E-state index in [9.17, 15) is 5.11 Å². The molecule has 1 atom stereocenters. The minimum Gasteiger partial charge on any atom is -0.386 e. The molecule has 0 radical (unpaired) electrons. The van der Waals surface area contributed by atoms with Crippen molar-refractivity contribution in [1.82, 2.24) is 0 Å². The highest BCUT2D eigenvalue weighted by Crippen LogP contribution is 2.16. The number of hydrogen-bond donors (Lipinski definition) is 1. The maximum Gasteiger partial charge on any atom is 0.176 e. The summed E-state index contributed by atoms with van der Waals surface area (Å²) in [6.45, 7) is 8.84. The maximum absolute atomic E-state index is 10.4. The number of ether oxygens (including phenoxy) is 2. The van der Waals surface area contributed by atoms with E-state index in [1.165, 1.54) is 5.56 Å². The lowest BCUT2D eigenvalue weighted by atomic mass is 9.95. The van der Waals surface area contributed by atoms with E-state index in [0.717, 1.165) is 5.56 Å². The molecule has 0 saturated heterocycles. The van der Waals surface area contributed by atoms with Crippen LogP contribution in [-0.4, -0.2) is 30.2 Å². The van der Waals surface area contributed by atoms with Gasteiger partial charge in [0.2, 0.25) is 0 Å². The van der Waals surface area contributed by atoms with E-state index in [2.05, 4.69) is 19.1 Å². The molecule has 0 spiro atoms. The first-order valence-electron chi connectivity index (χ1n) is 7.17. The van der Waals surface area contributed by atoms with E-state index in [1.54, 1.807) is 19.1 Å². The van der Waals surface area contributed by atoms with Gasteiger partial charge in [0.05, 0.1) is 5.60 Å². The van der Waals surface area contributed by atoms with Crippen LogP contribution in [0.5, 0.6) is 0 Å². The molecule has 1 rings (SSSR count). The summed E-state index contributed by atoms with van der Waals surface area (Å²) in [5.74, 6) is 0. The molecule has 0 aliphatic rings. The molecule has 1 aromatic rings. The molecule has 0 saturated carbocycles. The molecule has 112 valence electrons. The molecular formula is C17H26O3. The van der Waals surface area contributed by atoms with Gasteiger partial charge in [-0.05, 0) is 39.3 Å². The van der Waals surface area contributed by atoms with Gasteiger partial charge < -0.3 is 14.6 Å². The van der Waals surface area contributed by atoms with Crippen molar-refractivity contribution in [2.45, 2.75) is 46.0 Å². The summed E-state index contributed by atoms with van der Waals surface area (Å²) in [5, 5.41) is 10.4. The quantitative estimate of drug-likeness (QED) is 0.586. The van der Waals surface area contributed by atoms with Crippen LogP contribution in [0.1, 0.15) is 31.9 Å². The second-order valence-corrected chi connectivity index (χ2v) is 5.16. The van der Waals surface area contributed by atoms with E-state index in [0.29, 0.717) is 19.6 Å². The van der Waals surface area contributed by atoms with Crippen molar-refractivity contribution in [1.29, 1.82) is 0 Å². The second kappa shape index (κ2) is 8.20. The summed E-state index contributed by atoms with van der Waals surface area (Å²) in [6.07, 6.45) is 3.70. The largest absolute Gasteiger partial charge is 0.386 e. The van der Waals surface area contributed by atoms with Gasteiger partial charge in [0.15, 0.2) is 6.29 Å². The number of benzene rings is 1. The molecule has 3 nitrogen and oxygen atoms in total. The maximum atomic E-state index is 10.4. The Morgan fingerprint density at radius 1 is 1.15 bits per heavy atom. The summed E-state index contributed by atoms with van der Waals surface area (Å²) < 4.78 is 10.8. The summed E-state index contributed by atoms with van der Waals surface area (Å²) in [5.41, 5.74) is 1.41. The minimum absolute atomic E-state index is 0.394. The Balaban J connectivity index is 2.64. The Bertz CT molecular complexity index is 401. The predicted octanol–water partition coefficient (Wildman–Crippen LogP) is 3.24. The first-order valence-corrected chi connectivity index (χ1v) is 7.17. The standard InChI is InChI=1S/C17H26O3/c1-5-19-16(20-6-2)11-12-17(4,18)13-15-9-7-14(3)8-10-15/h7-12,16,18H,5-6,13H2,1-4H3. The highest BCUT2D eigenvalue weighted by atomic mass is 16.7. The summed E-state index contributed by atoms with van der Waals surface area (Å²) in [4.78, 5) is 0. The summed E-state index contributed by atoms with van der Waals surface area (Å²) in [6, 6.07) is 8.19. The van der Waals surface area contributed by atoms with Gasteiger partial charge in [0, 0.05) is 19.6 Å². The van der Waals surface area contributed by atoms with Crippen LogP contribution in [0, 0.1) is 6.92 Å². The van der Waals surface area contributed by atoms with E-state index < -0.39 is 11.9 Å². The number of aliphatic hydroxyl groups is 1. The molecule has 1 unspecified atom stereocenters. The third-order valence-corrected chi connectivity index (χ3v) is 2.96. The van der Waals surface area contributed by atoms with Crippen molar-refractivity contribution in [3.63, 3.8) is 0 Å². The average Bonchev–Trinajstić information content (AvgIpc) is 2.39. The highest BCUT2D eigenvalue weighted by molar-refractivity contribution is 5.23. The Morgan fingerprint density at radius 3 is 2.20 bits per heavy atom. The lowest BCUT2D eigenvalue weighted by Crippen LogP contribution is -2.25. The van der Waals surface area contributed by atoms with Gasteiger partial charge in [-0.1, -0.05) is 35.9 Å². The van der Waals surface area contributed by atoms with Crippen molar-refractivity contribution in [3.05, 3.63) is 47.5 Å². The molecule has 0 bridgehead atoms. The second-order valence-electron chi connectivity index (χ2n) is 5.16. The zero-order valence-corrected chi connectivity index (χ0v) is 12.9. The summed E-state index contributed by atoms with van der Waals surface area (Å²) in [7, 11) is 0. The van der Waals surface area contributed by atoms with Crippen LogP contribution >= 0.6 is 0 Å². The van der Waals surface area contributed by atoms with E-state index >= 15 is 0 Å². The Kier molecular flexibility index (Phi) is 6.93. The van der Waals surface area contributed by atoms with Gasteiger partial charge in [-0.2, -0.15) is 0 Å². The summed E-state index contributed by atoms with van der Waals surface area (Å²) >= 11 is 0. The SMILES string of the molecule is CCOC(C=CC(C)(O)Cc1ccc(C)cc1)OCC. The molecule has 0 aromatic heterocycles. The first-order chi connectivity index (χ1) is 9.46. The van der Waals surface area contributed by atoms with Crippen LogP contribution in [0.4, 0.5) is 0 Å². The normalized spacial score (nSPS) is 14.9. The molecular weight excluding hydrogens is 252 g/mol. The van der Waals surface area contributed by atoms with Gasteiger partial charge in [-0.3, -0.25) is 0 Å². The molecule has 0 amide bonds. The minimum atomic E-state index is -0.915. The topological polar surface area (TPSA) is 38.7 Å². The molecule has 0 aliphatic heterocycles. The van der Waals surface area contributed by atoms with Crippen LogP contribution in [-0.2, 0) is 15.9 Å². The van der Waals surface area contributed by atoms with Crippen molar-refractivity contribution < 1.29 is 14.6 Å².